The van der Waals surface area contributed by atoms with Crippen molar-refractivity contribution in [3.8, 4) is 34.1 Å². The normalized spacial score (nSPS) is 10.7. The Labute approximate surface area is 121 Å². The average molecular weight is 282 g/mol. The predicted octanol–water partition coefficient (Wildman–Crippen LogP) is 3.17. The number of rotatable bonds is 2. The number of phenolic OH excluding ortho intramolecular Hbond substituents is 2. The fourth-order valence-electron chi connectivity index (χ4n) is 2.21. The molecular formula is C16H14N2O3. The first-order valence-corrected chi connectivity index (χ1v) is 6.44. The van der Waals surface area contributed by atoms with Gasteiger partial charge in [0, 0.05) is 11.1 Å². The van der Waals surface area contributed by atoms with Gasteiger partial charge in [0.25, 0.3) is 0 Å². The van der Waals surface area contributed by atoms with E-state index in [2.05, 4.69) is 4.98 Å². The standard InChI is InChI=1S/C16H14N2O3/c1-10-15(11-5-3-2-4-6-11)17-16(18(10)21)12-7-8-13(19)14(20)9-12/h2-9,19-21H,1H3. The van der Waals surface area contributed by atoms with Crippen LogP contribution in [0.2, 0.25) is 0 Å². The van der Waals surface area contributed by atoms with Crippen LogP contribution in [-0.2, 0) is 0 Å². The van der Waals surface area contributed by atoms with E-state index in [0.29, 0.717) is 22.8 Å². The van der Waals surface area contributed by atoms with Crippen molar-refractivity contribution in [3.05, 3.63) is 54.2 Å². The predicted molar refractivity (Wildman–Crippen MR) is 78.4 cm³/mol. The molecule has 1 heterocycles. The Hall–Kier alpha value is -2.95. The van der Waals surface area contributed by atoms with Crippen LogP contribution < -0.4 is 0 Å². The molecular weight excluding hydrogens is 268 g/mol. The molecule has 0 aliphatic carbocycles. The number of aromatic hydroxyl groups is 2. The van der Waals surface area contributed by atoms with Crippen molar-refractivity contribution in [3.63, 3.8) is 0 Å². The van der Waals surface area contributed by atoms with Crippen LogP contribution in [0.4, 0.5) is 0 Å². The largest absolute Gasteiger partial charge is 0.504 e. The summed E-state index contributed by atoms with van der Waals surface area (Å²) in [6.45, 7) is 1.76. The SMILES string of the molecule is Cc1c(-c2ccccc2)nc(-c2ccc(O)c(O)c2)n1O. The molecule has 21 heavy (non-hydrogen) atoms. The van der Waals surface area contributed by atoms with Crippen molar-refractivity contribution < 1.29 is 15.4 Å². The van der Waals surface area contributed by atoms with Gasteiger partial charge in [-0.1, -0.05) is 30.3 Å². The molecule has 3 aromatic rings. The van der Waals surface area contributed by atoms with Gasteiger partial charge in [-0.3, -0.25) is 0 Å². The highest BCUT2D eigenvalue weighted by Gasteiger charge is 2.17. The van der Waals surface area contributed by atoms with E-state index in [1.807, 2.05) is 30.3 Å². The molecule has 0 bridgehead atoms. The molecule has 0 saturated carbocycles. The highest BCUT2D eigenvalue weighted by molar-refractivity contribution is 5.69. The molecule has 1 aromatic heterocycles. The zero-order valence-corrected chi connectivity index (χ0v) is 11.4. The van der Waals surface area contributed by atoms with Gasteiger partial charge in [0.05, 0.1) is 11.4 Å². The summed E-state index contributed by atoms with van der Waals surface area (Å²) in [7, 11) is 0. The van der Waals surface area contributed by atoms with E-state index >= 15 is 0 Å². The Morgan fingerprint density at radius 3 is 2.29 bits per heavy atom. The maximum Gasteiger partial charge on any atom is 0.176 e. The topological polar surface area (TPSA) is 78.5 Å². The van der Waals surface area contributed by atoms with E-state index in [-0.39, 0.29) is 11.5 Å². The van der Waals surface area contributed by atoms with E-state index in [0.717, 1.165) is 10.3 Å². The van der Waals surface area contributed by atoms with Crippen LogP contribution in [0.15, 0.2) is 48.5 Å². The van der Waals surface area contributed by atoms with Gasteiger partial charge in [-0.25, -0.2) is 4.98 Å². The third-order valence-electron chi connectivity index (χ3n) is 3.36. The molecule has 0 atom stereocenters. The Morgan fingerprint density at radius 1 is 0.905 bits per heavy atom. The molecule has 3 rings (SSSR count). The van der Waals surface area contributed by atoms with Crippen molar-refractivity contribution in [2.45, 2.75) is 6.92 Å². The van der Waals surface area contributed by atoms with Crippen molar-refractivity contribution in [2.24, 2.45) is 0 Å². The number of phenols is 2. The molecule has 106 valence electrons. The van der Waals surface area contributed by atoms with Crippen LogP contribution in [-0.4, -0.2) is 25.1 Å². The van der Waals surface area contributed by atoms with Gasteiger partial charge in [0.1, 0.15) is 0 Å². The number of hydrogen-bond donors (Lipinski definition) is 3. The van der Waals surface area contributed by atoms with Crippen LogP contribution in [0, 0.1) is 6.92 Å². The summed E-state index contributed by atoms with van der Waals surface area (Å²) in [6.07, 6.45) is 0. The van der Waals surface area contributed by atoms with Gasteiger partial charge in [-0.2, -0.15) is 4.73 Å². The van der Waals surface area contributed by atoms with E-state index < -0.39 is 0 Å². The summed E-state index contributed by atoms with van der Waals surface area (Å²) in [5.41, 5.74) is 2.68. The van der Waals surface area contributed by atoms with Crippen LogP contribution in [0.25, 0.3) is 22.6 Å². The zero-order valence-electron chi connectivity index (χ0n) is 11.4. The first-order valence-electron chi connectivity index (χ1n) is 6.44. The Balaban J connectivity index is 2.15. The van der Waals surface area contributed by atoms with E-state index in [9.17, 15) is 15.4 Å². The van der Waals surface area contributed by atoms with Crippen LogP contribution in [0.1, 0.15) is 5.69 Å². The zero-order chi connectivity index (χ0) is 15.0. The molecule has 0 amide bonds. The third kappa shape index (κ3) is 2.18. The molecule has 5 heteroatoms. The van der Waals surface area contributed by atoms with Gasteiger partial charge in [0.2, 0.25) is 0 Å². The maximum atomic E-state index is 10.2. The number of aromatic nitrogens is 2. The summed E-state index contributed by atoms with van der Waals surface area (Å²) < 4.78 is 0.980. The fraction of sp³-hybridized carbons (Fsp3) is 0.0625. The number of benzene rings is 2. The molecule has 2 aromatic carbocycles. The monoisotopic (exact) mass is 282 g/mol. The molecule has 0 saturated heterocycles. The minimum absolute atomic E-state index is 0.213. The quantitative estimate of drug-likeness (QED) is 0.498. The van der Waals surface area contributed by atoms with Crippen LogP contribution in [0.3, 0.4) is 0 Å². The summed E-state index contributed by atoms with van der Waals surface area (Å²) >= 11 is 0. The first-order chi connectivity index (χ1) is 10.1. The second-order valence-corrected chi connectivity index (χ2v) is 4.75. The lowest BCUT2D eigenvalue weighted by Crippen LogP contribution is -1.96. The Kier molecular flexibility index (Phi) is 3.02. The van der Waals surface area contributed by atoms with Crippen LogP contribution in [0.5, 0.6) is 11.5 Å². The molecule has 0 fully saturated rings. The van der Waals surface area contributed by atoms with Crippen molar-refractivity contribution in [1.29, 1.82) is 0 Å². The molecule has 5 nitrogen and oxygen atoms in total. The summed E-state index contributed by atoms with van der Waals surface area (Å²) in [5, 5.41) is 29.1. The molecule has 0 unspecified atom stereocenters. The second kappa shape index (κ2) is 4.86. The lowest BCUT2D eigenvalue weighted by molar-refractivity contribution is 0.185. The van der Waals surface area contributed by atoms with Gasteiger partial charge >= 0.3 is 0 Å². The molecule has 0 spiro atoms. The average Bonchev–Trinajstić information content (AvgIpc) is 2.79. The summed E-state index contributed by atoms with van der Waals surface area (Å²) in [4.78, 5) is 4.44. The van der Waals surface area contributed by atoms with Crippen molar-refractivity contribution in [1.82, 2.24) is 9.71 Å². The Morgan fingerprint density at radius 2 is 1.62 bits per heavy atom. The van der Waals surface area contributed by atoms with Crippen molar-refractivity contribution in [2.75, 3.05) is 0 Å². The minimum atomic E-state index is -0.255. The first kappa shape index (κ1) is 13.1. The highest BCUT2D eigenvalue weighted by atomic mass is 16.5. The smallest absolute Gasteiger partial charge is 0.176 e. The molecule has 0 aliphatic rings. The number of nitrogens with zero attached hydrogens (tertiary/aromatic N) is 2. The van der Waals surface area contributed by atoms with E-state index in [1.165, 1.54) is 12.1 Å². The van der Waals surface area contributed by atoms with Gasteiger partial charge in [-0.05, 0) is 25.1 Å². The Bertz CT molecular complexity index is 795. The van der Waals surface area contributed by atoms with E-state index in [1.54, 1.807) is 13.0 Å². The molecule has 3 N–H and O–H groups in total. The van der Waals surface area contributed by atoms with Gasteiger partial charge in [-0.15, -0.1) is 0 Å². The lowest BCUT2D eigenvalue weighted by atomic mass is 10.1. The number of imidazole rings is 1. The third-order valence-corrected chi connectivity index (χ3v) is 3.36. The maximum absolute atomic E-state index is 10.2. The molecule has 0 aliphatic heterocycles. The van der Waals surface area contributed by atoms with Gasteiger partial charge in [0.15, 0.2) is 17.3 Å². The summed E-state index contributed by atoms with van der Waals surface area (Å²) in [6, 6.07) is 13.8. The van der Waals surface area contributed by atoms with Gasteiger partial charge < -0.3 is 15.4 Å². The second-order valence-electron chi connectivity index (χ2n) is 4.75. The minimum Gasteiger partial charge on any atom is -0.504 e. The molecule has 0 radical (unpaired) electrons. The number of hydrogen-bond acceptors (Lipinski definition) is 4. The highest BCUT2D eigenvalue weighted by Crippen LogP contribution is 2.32. The van der Waals surface area contributed by atoms with Crippen LogP contribution >= 0.6 is 0 Å². The fourth-order valence-corrected chi connectivity index (χ4v) is 2.21. The van der Waals surface area contributed by atoms with Crippen molar-refractivity contribution >= 4 is 0 Å². The summed E-state index contributed by atoms with van der Waals surface area (Å²) in [5.74, 6) is -0.161. The van der Waals surface area contributed by atoms with E-state index in [4.69, 9.17) is 0 Å². The lowest BCUT2D eigenvalue weighted by Gasteiger charge is -2.03.